The van der Waals surface area contributed by atoms with E-state index < -0.39 is 12.0 Å². The van der Waals surface area contributed by atoms with E-state index in [0.29, 0.717) is 26.2 Å². The maximum atomic E-state index is 11.7. The number of urea groups is 1. The highest BCUT2D eigenvalue weighted by Crippen LogP contribution is 2.30. The fraction of sp³-hybridized carbons (Fsp3) is 0.385. The van der Waals surface area contributed by atoms with E-state index in [9.17, 15) is 9.59 Å². The lowest BCUT2D eigenvalue weighted by atomic mass is 10.2. The average Bonchev–Trinajstić information content (AvgIpc) is 2.41. The van der Waals surface area contributed by atoms with Gasteiger partial charge in [0.2, 0.25) is 0 Å². The number of hydrogen-bond acceptors (Lipinski definition) is 3. The molecule has 6 nitrogen and oxygen atoms in total. The second kappa shape index (κ2) is 8.71. The highest BCUT2D eigenvalue weighted by molar-refractivity contribution is 6.37. The van der Waals surface area contributed by atoms with Crippen LogP contribution in [-0.4, -0.2) is 36.9 Å². The zero-order chi connectivity index (χ0) is 15.8. The van der Waals surface area contributed by atoms with Crippen LogP contribution in [0.25, 0.3) is 0 Å². The highest BCUT2D eigenvalue weighted by Gasteiger charge is 2.17. The van der Waals surface area contributed by atoms with Gasteiger partial charge in [-0.15, -0.1) is 0 Å². The number of carbonyl (C=O) groups is 2. The van der Waals surface area contributed by atoms with Gasteiger partial charge in [0.25, 0.3) is 0 Å². The Hall–Kier alpha value is -1.50. The van der Waals surface area contributed by atoms with Crippen LogP contribution < -0.4 is 10.6 Å². The summed E-state index contributed by atoms with van der Waals surface area (Å²) in [6.45, 7) is 3.45. The van der Waals surface area contributed by atoms with Crippen LogP contribution in [0.4, 0.5) is 10.5 Å². The van der Waals surface area contributed by atoms with Crippen molar-refractivity contribution in [3.8, 4) is 0 Å². The van der Waals surface area contributed by atoms with Crippen LogP contribution in [0.3, 0.4) is 0 Å². The molecule has 1 rings (SSSR count). The summed E-state index contributed by atoms with van der Waals surface area (Å²) in [6, 6.07) is 2.04. The fourth-order valence-electron chi connectivity index (χ4n) is 1.55. The predicted molar refractivity (Wildman–Crippen MR) is 81.6 cm³/mol. The largest absolute Gasteiger partial charge is 0.478 e. The minimum Gasteiger partial charge on any atom is -0.478 e. The number of benzene rings is 1. The molecule has 0 heterocycles. The number of rotatable bonds is 7. The number of nitrogens with one attached hydrogen (secondary N) is 2. The molecule has 0 atom stereocenters. The Bertz CT molecular complexity index is 523. The third kappa shape index (κ3) is 5.79. The summed E-state index contributed by atoms with van der Waals surface area (Å²) in [6.07, 6.45) is 0.654. The van der Waals surface area contributed by atoms with Gasteiger partial charge in [0, 0.05) is 24.8 Å². The number of carboxylic acid groups (broad SMARTS) is 1. The van der Waals surface area contributed by atoms with Crippen LogP contribution in [0.15, 0.2) is 12.1 Å². The van der Waals surface area contributed by atoms with Crippen molar-refractivity contribution < 1.29 is 19.4 Å². The van der Waals surface area contributed by atoms with E-state index in [1.807, 2.05) is 6.92 Å². The molecule has 0 unspecified atom stereocenters. The van der Waals surface area contributed by atoms with Crippen molar-refractivity contribution in [2.75, 3.05) is 25.1 Å². The van der Waals surface area contributed by atoms with Crippen LogP contribution in [-0.2, 0) is 4.74 Å². The van der Waals surface area contributed by atoms with Gasteiger partial charge in [-0.3, -0.25) is 0 Å². The zero-order valence-electron chi connectivity index (χ0n) is 11.4. The summed E-state index contributed by atoms with van der Waals surface area (Å²) in [5, 5.41) is 14.3. The van der Waals surface area contributed by atoms with E-state index in [1.54, 1.807) is 0 Å². The first-order valence-electron chi connectivity index (χ1n) is 6.30. The molecule has 0 aliphatic heterocycles. The van der Waals surface area contributed by atoms with E-state index in [0.717, 1.165) is 0 Å². The molecule has 3 N–H and O–H groups in total. The van der Waals surface area contributed by atoms with Crippen LogP contribution in [0.5, 0.6) is 0 Å². The molecule has 1 aromatic carbocycles. The maximum Gasteiger partial charge on any atom is 0.337 e. The van der Waals surface area contributed by atoms with E-state index in [1.165, 1.54) is 12.1 Å². The van der Waals surface area contributed by atoms with Crippen LogP contribution in [0.1, 0.15) is 23.7 Å². The van der Waals surface area contributed by atoms with Crippen LogP contribution in [0, 0.1) is 0 Å². The SMILES string of the molecule is CCOCCCNC(=O)Nc1c(Cl)cc(Cl)cc1C(=O)O. The highest BCUT2D eigenvalue weighted by atomic mass is 35.5. The molecule has 0 saturated heterocycles. The molecular weight excluding hydrogens is 319 g/mol. The minimum atomic E-state index is -1.23. The molecule has 21 heavy (non-hydrogen) atoms. The molecule has 0 aliphatic rings. The van der Waals surface area contributed by atoms with Gasteiger partial charge >= 0.3 is 12.0 Å². The summed E-state index contributed by atoms with van der Waals surface area (Å²) in [5.74, 6) is -1.23. The Kier molecular flexibility index (Phi) is 7.28. The Labute approximate surface area is 132 Å². The van der Waals surface area contributed by atoms with Crippen molar-refractivity contribution in [1.29, 1.82) is 0 Å². The monoisotopic (exact) mass is 334 g/mol. The Balaban J connectivity index is 2.65. The Morgan fingerprint density at radius 2 is 2.05 bits per heavy atom. The number of anilines is 1. The Morgan fingerprint density at radius 3 is 2.67 bits per heavy atom. The van der Waals surface area contributed by atoms with Crippen molar-refractivity contribution in [3.05, 3.63) is 27.7 Å². The van der Waals surface area contributed by atoms with Gasteiger partial charge in [-0.2, -0.15) is 0 Å². The molecule has 0 bridgehead atoms. The quantitative estimate of drug-likeness (QED) is 0.668. The molecule has 8 heteroatoms. The molecular formula is C13H16Cl2N2O4. The van der Waals surface area contributed by atoms with Gasteiger partial charge in [0.15, 0.2) is 0 Å². The van der Waals surface area contributed by atoms with E-state index in [4.69, 9.17) is 33.0 Å². The minimum absolute atomic E-state index is 0.0101. The second-order valence-corrected chi connectivity index (χ2v) is 4.89. The lowest BCUT2D eigenvalue weighted by Crippen LogP contribution is -2.30. The lowest BCUT2D eigenvalue weighted by molar-refractivity contribution is 0.0698. The first-order chi connectivity index (χ1) is 9.95. The van der Waals surface area contributed by atoms with Gasteiger partial charge in [-0.1, -0.05) is 23.2 Å². The van der Waals surface area contributed by atoms with Crippen molar-refractivity contribution in [3.63, 3.8) is 0 Å². The second-order valence-electron chi connectivity index (χ2n) is 4.05. The smallest absolute Gasteiger partial charge is 0.337 e. The Morgan fingerprint density at radius 1 is 1.33 bits per heavy atom. The van der Waals surface area contributed by atoms with Crippen LogP contribution in [0.2, 0.25) is 10.0 Å². The predicted octanol–water partition coefficient (Wildman–Crippen LogP) is 3.24. The molecule has 1 aromatic rings. The normalized spacial score (nSPS) is 10.2. The van der Waals surface area contributed by atoms with Crippen molar-refractivity contribution in [2.45, 2.75) is 13.3 Å². The summed E-state index contributed by atoms with van der Waals surface area (Å²) in [5.41, 5.74) is -0.159. The molecule has 0 spiro atoms. The average molecular weight is 335 g/mol. The van der Waals surface area contributed by atoms with Crippen molar-refractivity contribution in [1.82, 2.24) is 5.32 Å². The third-order valence-corrected chi connectivity index (χ3v) is 3.00. The maximum absolute atomic E-state index is 11.7. The number of carboxylic acids is 1. The summed E-state index contributed by atoms with van der Waals surface area (Å²) < 4.78 is 5.13. The summed E-state index contributed by atoms with van der Waals surface area (Å²) in [7, 11) is 0. The first-order valence-corrected chi connectivity index (χ1v) is 7.06. The third-order valence-electron chi connectivity index (χ3n) is 2.48. The molecule has 0 aromatic heterocycles. The van der Waals surface area contributed by atoms with Gasteiger partial charge in [0.1, 0.15) is 0 Å². The van der Waals surface area contributed by atoms with E-state index >= 15 is 0 Å². The van der Waals surface area contributed by atoms with Gasteiger partial charge in [-0.05, 0) is 25.5 Å². The van der Waals surface area contributed by atoms with Gasteiger partial charge in [-0.25, -0.2) is 9.59 Å². The molecule has 0 radical (unpaired) electrons. The number of carbonyl (C=O) groups excluding carboxylic acids is 1. The number of ether oxygens (including phenoxy) is 1. The number of halogens is 2. The summed E-state index contributed by atoms with van der Waals surface area (Å²) >= 11 is 11.7. The number of aromatic carboxylic acids is 1. The fourth-order valence-corrected chi connectivity index (χ4v) is 2.09. The lowest BCUT2D eigenvalue weighted by Gasteiger charge is -2.12. The number of hydrogen-bond donors (Lipinski definition) is 3. The zero-order valence-corrected chi connectivity index (χ0v) is 12.9. The van der Waals surface area contributed by atoms with Crippen LogP contribution >= 0.6 is 23.2 Å². The molecule has 0 aliphatic carbocycles. The first kappa shape index (κ1) is 17.6. The molecule has 116 valence electrons. The molecule has 2 amide bonds. The van der Waals surface area contributed by atoms with Gasteiger partial charge < -0.3 is 20.5 Å². The van der Waals surface area contributed by atoms with E-state index in [2.05, 4.69) is 10.6 Å². The molecule has 0 fully saturated rings. The van der Waals surface area contributed by atoms with E-state index in [-0.39, 0.29) is 21.3 Å². The van der Waals surface area contributed by atoms with Crippen molar-refractivity contribution in [2.24, 2.45) is 0 Å². The van der Waals surface area contributed by atoms with Crippen molar-refractivity contribution >= 4 is 40.9 Å². The summed E-state index contributed by atoms with van der Waals surface area (Å²) in [4.78, 5) is 22.8. The standard InChI is InChI=1S/C13H16Cl2N2O4/c1-2-21-5-3-4-16-13(20)17-11-9(12(18)19)6-8(14)7-10(11)15/h6-7H,2-5H2,1H3,(H,18,19)(H2,16,17,20). The topological polar surface area (TPSA) is 87.7 Å². The molecule has 0 saturated carbocycles. The van der Waals surface area contributed by atoms with Gasteiger partial charge in [0.05, 0.1) is 16.3 Å². The number of amides is 2.